The van der Waals surface area contributed by atoms with E-state index in [-0.39, 0.29) is 5.91 Å². The Morgan fingerprint density at radius 3 is 1.93 bits per heavy atom. The largest absolute Gasteiger partial charge is 0.480 e. The first kappa shape index (κ1) is 12.4. The van der Waals surface area contributed by atoms with Crippen molar-refractivity contribution < 1.29 is 19.5 Å². The first-order valence-electron chi connectivity index (χ1n) is 4.15. The van der Waals surface area contributed by atoms with Gasteiger partial charge in [0.05, 0.1) is 0 Å². The second kappa shape index (κ2) is 5.21. The molecule has 0 aliphatic rings. The minimum Gasteiger partial charge on any atom is -0.480 e. The summed E-state index contributed by atoms with van der Waals surface area (Å²) in [6.45, 7) is 4.11. The van der Waals surface area contributed by atoms with Crippen LogP contribution < -0.4 is 10.6 Å². The molecule has 0 aromatic heterocycles. The van der Waals surface area contributed by atoms with Crippen LogP contribution in [-0.4, -0.2) is 35.0 Å². The maximum atomic E-state index is 11.2. The van der Waals surface area contributed by atoms with E-state index in [0.29, 0.717) is 0 Å². The number of aliphatic carboxylic acids is 1. The topological polar surface area (TPSA) is 95.5 Å². The van der Waals surface area contributed by atoms with Gasteiger partial charge in [0, 0.05) is 6.92 Å². The minimum atomic E-state index is -1.12. The van der Waals surface area contributed by atoms with Crippen LogP contribution in [0.5, 0.6) is 0 Å². The summed E-state index contributed by atoms with van der Waals surface area (Å²) in [6, 6.07) is -1.69. The predicted molar refractivity (Wildman–Crippen MR) is 48.5 cm³/mol. The molecule has 0 spiro atoms. The quantitative estimate of drug-likeness (QED) is 0.550. The first-order chi connectivity index (χ1) is 6.34. The summed E-state index contributed by atoms with van der Waals surface area (Å²) in [7, 11) is 0. The number of carbonyl (C=O) groups excluding carboxylic acids is 2. The fourth-order valence-electron chi connectivity index (χ4n) is 0.771. The van der Waals surface area contributed by atoms with Crippen LogP contribution in [0.1, 0.15) is 20.8 Å². The summed E-state index contributed by atoms with van der Waals surface area (Å²) in [5.74, 6) is -1.97. The minimum absolute atomic E-state index is 0.337. The van der Waals surface area contributed by atoms with Gasteiger partial charge in [-0.05, 0) is 13.8 Å². The molecule has 0 aromatic rings. The Morgan fingerprint density at radius 2 is 1.57 bits per heavy atom. The van der Waals surface area contributed by atoms with Crippen molar-refractivity contribution in [2.45, 2.75) is 32.9 Å². The Kier molecular flexibility index (Phi) is 4.62. The lowest BCUT2D eigenvalue weighted by molar-refractivity contribution is -0.141. The summed E-state index contributed by atoms with van der Waals surface area (Å²) < 4.78 is 0. The van der Waals surface area contributed by atoms with Gasteiger partial charge in [0.25, 0.3) is 0 Å². The second-order valence-electron chi connectivity index (χ2n) is 2.99. The molecular formula is C8H14N2O4. The van der Waals surface area contributed by atoms with Crippen LogP contribution in [0, 0.1) is 0 Å². The van der Waals surface area contributed by atoms with Crippen LogP contribution in [0.4, 0.5) is 0 Å². The first-order valence-corrected chi connectivity index (χ1v) is 4.15. The van der Waals surface area contributed by atoms with E-state index in [1.807, 2.05) is 0 Å². The highest BCUT2D eigenvalue weighted by atomic mass is 16.4. The molecule has 0 aliphatic heterocycles. The van der Waals surface area contributed by atoms with Crippen LogP contribution >= 0.6 is 0 Å². The number of hydrogen-bond acceptors (Lipinski definition) is 3. The van der Waals surface area contributed by atoms with Crippen molar-refractivity contribution in [3.05, 3.63) is 0 Å². The van der Waals surface area contributed by atoms with Crippen LogP contribution in [0.15, 0.2) is 0 Å². The van der Waals surface area contributed by atoms with Crippen molar-refractivity contribution in [3.63, 3.8) is 0 Å². The van der Waals surface area contributed by atoms with Gasteiger partial charge in [0.1, 0.15) is 12.1 Å². The number of carbonyl (C=O) groups is 3. The average Bonchev–Trinajstić information content (AvgIpc) is 2.02. The lowest BCUT2D eigenvalue weighted by Gasteiger charge is -2.14. The van der Waals surface area contributed by atoms with Crippen LogP contribution in [0.2, 0.25) is 0 Å². The SMILES string of the molecule is CC(=O)N[C@@H](C)C(=O)N[C@H](C)C(=O)O. The Bertz CT molecular complexity index is 252. The zero-order valence-corrected chi connectivity index (χ0v) is 8.33. The van der Waals surface area contributed by atoms with Gasteiger partial charge < -0.3 is 15.7 Å². The van der Waals surface area contributed by atoms with Gasteiger partial charge in [-0.25, -0.2) is 0 Å². The predicted octanol–water partition coefficient (Wildman–Crippen LogP) is -0.900. The monoisotopic (exact) mass is 202 g/mol. The molecule has 0 fully saturated rings. The average molecular weight is 202 g/mol. The van der Waals surface area contributed by atoms with Crippen molar-refractivity contribution in [2.75, 3.05) is 0 Å². The zero-order valence-electron chi connectivity index (χ0n) is 8.33. The number of carboxylic acid groups (broad SMARTS) is 1. The van der Waals surface area contributed by atoms with Crippen molar-refractivity contribution >= 4 is 17.8 Å². The third-order valence-corrected chi connectivity index (χ3v) is 1.54. The molecule has 0 bridgehead atoms. The molecule has 0 aromatic carbocycles. The van der Waals surface area contributed by atoms with E-state index in [9.17, 15) is 14.4 Å². The van der Waals surface area contributed by atoms with E-state index in [2.05, 4.69) is 10.6 Å². The van der Waals surface area contributed by atoms with Crippen molar-refractivity contribution in [2.24, 2.45) is 0 Å². The lowest BCUT2D eigenvalue weighted by Crippen LogP contribution is -2.48. The molecule has 0 heterocycles. The number of hydrogen-bond donors (Lipinski definition) is 3. The van der Waals surface area contributed by atoms with E-state index in [0.717, 1.165) is 0 Å². The zero-order chi connectivity index (χ0) is 11.3. The molecule has 3 N–H and O–H groups in total. The van der Waals surface area contributed by atoms with E-state index >= 15 is 0 Å². The molecule has 0 unspecified atom stereocenters. The Hall–Kier alpha value is -1.59. The summed E-state index contributed by atoms with van der Waals surface area (Å²) in [5, 5.41) is 13.1. The number of rotatable bonds is 4. The standard InChI is InChI=1S/C8H14N2O4/c1-4(9-6(3)11)7(12)10-5(2)8(13)14/h4-5H,1-3H3,(H,9,11)(H,10,12)(H,13,14)/t4-,5+/m0/s1. The molecule has 6 heteroatoms. The van der Waals surface area contributed by atoms with Crippen molar-refractivity contribution in [1.29, 1.82) is 0 Å². The highest BCUT2D eigenvalue weighted by Gasteiger charge is 2.18. The van der Waals surface area contributed by atoms with Gasteiger partial charge in [-0.1, -0.05) is 0 Å². The van der Waals surface area contributed by atoms with Gasteiger partial charge >= 0.3 is 5.97 Å². The molecule has 0 saturated carbocycles. The third kappa shape index (κ3) is 4.44. The van der Waals surface area contributed by atoms with E-state index in [1.165, 1.54) is 20.8 Å². The van der Waals surface area contributed by atoms with E-state index < -0.39 is 24.0 Å². The van der Waals surface area contributed by atoms with Gasteiger partial charge in [-0.15, -0.1) is 0 Å². The number of nitrogens with one attached hydrogen (secondary N) is 2. The van der Waals surface area contributed by atoms with Gasteiger partial charge in [-0.2, -0.15) is 0 Å². The maximum Gasteiger partial charge on any atom is 0.325 e. The molecular weight excluding hydrogens is 188 g/mol. The van der Waals surface area contributed by atoms with Crippen molar-refractivity contribution in [1.82, 2.24) is 10.6 Å². The molecule has 2 atom stereocenters. The molecule has 0 rings (SSSR count). The van der Waals surface area contributed by atoms with Crippen LogP contribution in [0.3, 0.4) is 0 Å². The summed E-state index contributed by atoms with van der Waals surface area (Å²) in [6.07, 6.45) is 0. The molecule has 0 aliphatic carbocycles. The molecule has 14 heavy (non-hydrogen) atoms. The number of amides is 2. The van der Waals surface area contributed by atoms with E-state index in [4.69, 9.17) is 5.11 Å². The van der Waals surface area contributed by atoms with Crippen LogP contribution in [0.25, 0.3) is 0 Å². The smallest absolute Gasteiger partial charge is 0.325 e. The highest BCUT2D eigenvalue weighted by Crippen LogP contribution is 1.86. The fraction of sp³-hybridized carbons (Fsp3) is 0.625. The Balaban J connectivity index is 4.07. The fourth-order valence-corrected chi connectivity index (χ4v) is 0.771. The highest BCUT2D eigenvalue weighted by molar-refractivity contribution is 5.89. The Labute approximate surface area is 81.7 Å². The summed E-state index contributed by atoms with van der Waals surface area (Å²) in [4.78, 5) is 32.2. The molecule has 0 radical (unpaired) electrons. The molecule has 0 saturated heterocycles. The summed E-state index contributed by atoms with van der Waals surface area (Å²) >= 11 is 0. The summed E-state index contributed by atoms with van der Waals surface area (Å²) in [5.41, 5.74) is 0. The van der Waals surface area contributed by atoms with Gasteiger partial charge in [-0.3, -0.25) is 14.4 Å². The van der Waals surface area contributed by atoms with Gasteiger partial charge in [0.15, 0.2) is 0 Å². The second-order valence-corrected chi connectivity index (χ2v) is 2.99. The molecule has 80 valence electrons. The molecule has 2 amide bonds. The van der Waals surface area contributed by atoms with Gasteiger partial charge in [0.2, 0.25) is 11.8 Å². The lowest BCUT2D eigenvalue weighted by atomic mass is 10.2. The number of carboxylic acids is 1. The van der Waals surface area contributed by atoms with E-state index in [1.54, 1.807) is 0 Å². The van der Waals surface area contributed by atoms with Crippen LogP contribution in [-0.2, 0) is 14.4 Å². The normalized spacial score (nSPS) is 13.9. The Morgan fingerprint density at radius 1 is 1.07 bits per heavy atom. The third-order valence-electron chi connectivity index (χ3n) is 1.54. The van der Waals surface area contributed by atoms with Crippen molar-refractivity contribution in [3.8, 4) is 0 Å². The maximum absolute atomic E-state index is 11.2. The molecule has 6 nitrogen and oxygen atoms in total.